The van der Waals surface area contributed by atoms with Crippen molar-refractivity contribution in [1.82, 2.24) is 0 Å². The second-order valence-corrected chi connectivity index (χ2v) is 5.22. The van der Waals surface area contributed by atoms with Gasteiger partial charge >= 0.3 is 0 Å². The van der Waals surface area contributed by atoms with E-state index in [2.05, 4.69) is 0 Å². The van der Waals surface area contributed by atoms with Gasteiger partial charge in [-0.2, -0.15) is 0 Å². The third kappa shape index (κ3) is 1.91. The maximum Gasteiger partial charge on any atom is 0.0896 e. The van der Waals surface area contributed by atoms with Crippen molar-refractivity contribution in [3.8, 4) is 0 Å². The van der Waals surface area contributed by atoms with Crippen molar-refractivity contribution >= 4 is 11.6 Å². The number of hydrogen-bond acceptors (Lipinski definition) is 1. The van der Waals surface area contributed by atoms with Gasteiger partial charge in [0.15, 0.2) is 0 Å². The number of rotatable bonds is 2. The fourth-order valence-electron chi connectivity index (χ4n) is 2.12. The molecule has 1 aliphatic carbocycles. The first-order chi connectivity index (χ1) is 6.93. The maximum absolute atomic E-state index is 10.4. The molecule has 0 amide bonds. The van der Waals surface area contributed by atoms with E-state index < -0.39 is 5.60 Å². The summed E-state index contributed by atoms with van der Waals surface area (Å²) < 4.78 is 0. The van der Waals surface area contributed by atoms with E-state index in [9.17, 15) is 5.11 Å². The highest BCUT2D eigenvalue weighted by molar-refractivity contribution is 6.32. The highest BCUT2D eigenvalue weighted by Gasteiger charge is 2.41. The van der Waals surface area contributed by atoms with Crippen LogP contribution in [0.2, 0.25) is 5.02 Å². The van der Waals surface area contributed by atoms with Crippen LogP contribution in [0.1, 0.15) is 36.5 Å². The summed E-state index contributed by atoms with van der Waals surface area (Å²) in [5.41, 5.74) is 2.42. The molecule has 1 aromatic rings. The van der Waals surface area contributed by atoms with Crippen molar-refractivity contribution in [2.75, 3.05) is 0 Å². The monoisotopic (exact) mass is 224 g/mol. The topological polar surface area (TPSA) is 20.2 Å². The second-order valence-electron chi connectivity index (χ2n) is 4.85. The van der Waals surface area contributed by atoms with Crippen molar-refractivity contribution in [2.45, 2.75) is 39.2 Å². The van der Waals surface area contributed by atoms with Gasteiger partial charge in [0, 0.05) is 5.02 Å². The molecule has 0 heterocycles. The average Bonchev–Trinajstić information content (AvgIpc) is 2.96. The molecule has 1 aromatic carbocycles. The smallest absolute Gasteiger partial charge is 0.0896 e. The van der Waals surface area contributed by atoms with E-state index in [0.717, 1.165) is 34.6 Å². The van der Waals surface area contributed by atoms with Gasteiger partial charge in [-0.3, -0.25) is 0 Å². The second kappa shape index (κ2) is 3.50. The number of aliphatic hydroxyl groups is 1. The van der Waals surface area contributed by atoms with E-state index in [4.69, 9.17) is 11.6 Å². The van der Waals surface area contributed by atoms with Crippen LogP contribution in [0.15, 0.2) is 12.1 Å². The lowest BCUT2D eigenvalue weighted by Crippen LogP contribution is -2.24. The van der Waals surface area contributed by atoms with Crippen LogP contribution in [-0.2, 0) is 5.60 Å². The quantitative estimate of drug-likeness (QED) is 0.814. The summed E-state index contributed by atoms with van der Waals surface area (Å²) in [4.78, 5) is 0. The van der Waals surface area contributed by atoms with Crippen LogP contribution in [0.4, 0.5) is 0 Å². The predicted molar refractivity (Wildman–Crippen MR) is 63.2 cm³/mol. The summed E-state index contributed by atoms with van der Waals surface area (Å²) in [6.07, 6.45) is 2.27. The van der Waals surface area contributed by atoms with Crippen LogP contribution < -0.4 is 0 Å². The van der Waals surface area contributed by atoms with Crippen molar-refractivity contribution < 1.29 is 5.11 Å². The largest absolute Gasteiger partial charge is 0.385 e. The first kappa shape index (κ1) is 11.0. The van der Waals surface area contributed by atoms with Crippen LogP contribution in [0.5, 0.6) is 0 Å². The normalized spacial score (nSPS) is 20.1. The maximum atomic E-state index is 10.4. The van der Waals surface area contributed by atoms with Crippen molar-refractivity contribution in [3.63, 3.8) is 0 Å². The third-order valence-electron chi connectivity index (χ3n) is 3.39. The number of benzene rings is 1. The van der Waals surface area contributed by atoms with Gasteiger partial charge < -0.3 is 5.11 Å². The molecule has 1 nitrogen and oxygen atoms in total. The Labute approximate surface area is 96.1 Å². The Kier molecular flexibility index (Phi) is 2.56. The summed E-state index contributed by atoms with van der Waals surface area (Å²) in [5, 5.41) is 11.2. The van der Waals surface area contributed by atoms with Gasteiger partial charge in [-0.05, 0) is 56.2 Å². The summed E-state index contributed by atoms with van der Waals surface area (Å²) in [6, 6.07) is 4.02. The SMILES string of the molecule is Cc1cc([C@](C)(O)C2CC2)cc(C)c1Cl. The minimum Gasteiger partial charge on any atom is -0.385 e. The molecule has 1 atom stereocenters. The van der Waals surface area contributed by atoms with E-state index in [1.807, 2.05) is 32.9 Å². The zero-order chi connectivity index (χ0) is 11.2. The molecule has 0 aromatic heterocycles. The number of aryl methyl sites for hydroxylation is 2. The molecule has 2 heteroatoms. The molecule has 0 spiro atoms. The molecular weight excluding hydrogens is 208 g/mol. The van der Waals surface area contributed by atoms with Crippen LogP contribution >= 0.6 is 11.6 Å². The fraction of sp³-hybridized carbons (Fsp3) is 0.538. The van der Waals surface area contributed by atoms with Crippen molar-refractivity contribution in [1.29, 1.82) is 0 Å². The highest BCUT2D eigenvalue weighted by Crippen LogP contribution is 2.46. The Morgan fingerprint density at radius 2 is 1.73 bits per heavy atom. The molecule has 2 rings (SSSR count). The molecule has 15 heavy (non-hydrogen) atoms. The minimum absolute atomic E-state index is 0.428. The molecule has 82 valence electrons. The Morgan fingerprint density at radius 1 is 1.27 bits per heavy atom. The van der Waals surface area contributed by atoms with E-state index in [1.165, 1.54) is 0 Å². The van der Waals surface area contributed by atoms with Crippen molar-refractivity contribution in [3.05, 3.63) is 33.8 Å². The number of hydrogen-bond donors (Lipinski definition) is 1. The molecule has 0 bridgehead atoms. The fourth-order valence-corrected chi connectivity index (χ4v) is 2.23. The predicted octanol–water partition coefficient (Wildman–Crippen LogP) is 3.57. The van der Waals surface area contributed by atoms with Crippen LogP contribution in [0.3, 0.4) is 0 Å². The van der Waals surface area contributed by atoms with Crippen LogP contribution in [-0.4, -0.2) is 5.11 Å². The summed E-state index contributed by atoms with van der Waals surface area (Å²) >= 11 is 6.11. The zero-order valence-corrected chi connectivity index (χ0v) is 10.2. The van der Waals surface area contributed by atoms with Gasteiger partial charge in [-0.25, -0.2) is 0 Å². The summed E-state index contributed by atoms with van der Waals surface area (Å²) in [6.45, 7) is 5.89. The lowest BCUT2D eigenvalue weighted by molar-refractivity contribution is 0.0330. The molecule has 1 aliphatic rings. The lowest BCUT2D eigenvalue weighted by atomic mass is 9.89. The van der Waals surface area contributed by atoms with E-state index in [0.29, 0.717) is 5.92 Å². The average molecular weight is 225 g/mol. The van der Waals surface area contributed by atoms with Crippen LogP contribution in [0.25, 0.3) is 0 Å². The first-order valence-corrected chi connectivity index (χ1v) is 5.80. The Hall–Kier alpha value is -0.530. The first-order valence-electron chi connectivity index (χ1n) is 5.42. The molecule has 1 N–H and O–H groups in total. The molecule has 0 unspecified atom stereocenters. The zero-order valence-electron chi connectivity index (χ0n) is 9.47. The summed E-state index contributed by atoms with van der Waals surface area (Å²) in [7, 11) is 0. The van der Waals surface area contributed by atoms with Gasteiger partial charge in [-0.1, -0.05) is 23.7 Å². The molecular formula is C13H17ClO. The minimum atomic E-state index is -0.680. The Morgan fingerprint density at radius 3 is 2.13 bits per heavy atom. The van der Waals surface area contributed by atoms with Crippen LogP contribution in [0, 0.1) is 19.8 Å². The van der Waals surface area contributed by atoms with Crippen molar-refractivity contribution in [2.24, 2.45) is 5.92 Å². The van der Waals surface area contributed by atoms with Gasteiger partial charge in [0.25, 0.3) is 0 Å². The lowest BCUT2D eigenvalue weighted by Gasteiger charge is -2.25. The molecule has 1 fully saturated rings. The van der Waals surface area contributed by atoms with Gasteiger partial charge in [-0.15, -0.1) is 0 Å². The van der Waals surface area contributed by atoms with E-state index in [-0.39, 0.29) is 0 Å². The molecule has 0 saturated heterocycles. The third-order valence-corrected chi connectivity index (χ3v) is 3.99. The van der Waals surface area contributed by atoms with E-state index in [1.54, 1.807) is 0 Å². The van der Waals surface area contributed by atoms with E-state index >= 15 is 0 Å². The molecule has 1 saturated carbocycles. The van der Waals surface area contributed by atoms with Gasteiger partial charge in [0.1, 0.15) is 0 Å². The van der Waals surface area contributed by atoms with Gasteiger partial charge in [0.2, 0.25) is 0 Å². The Balaban J connectivity index is 2.44. The van der Waals surface area contributed by atoms with Gasteiger partial charge in [0.05, 0.1) is 5.60 Å². The number of halogens is 1. The molecule has 0 aliphatic heterocycles. The highest BCUT2D eigenvalue weighted by atomic mass is 35.5. The Bertz CT molecular complexity index is 369. The standard InChI is InChI=1S/C13H17ClO/c1-8-6-11(7-9(2)12(8)14)13(3,15)10-4-5-10/h6-7,10,15H,4-5H2,1-3H3/t13-/m1/s1. The summed E-state index contributed by atoms with van der Waals surface area (Å²) in [5.74, 6) is 0.428. The molecule has 0 radical (unpaired) electrons.